The van der Waals surface area contributed by atoms with Gasteiger partial charge in [-0.05, 0) is 37.0 Å². The van der Waals surface area contributed by atoms with Crippen molar-refractivity contribution < 1.29 is 24.2 Å². The minimum absolute atomic E-state index is 0.156. The molecular formula is C24H31N3O5. The van der Waals surface area contributed by atoms with E-state index < -0.39 is 23.7 Å². The topological polar surface area (TPSA) is 90.4 Å². The highest BCUT2D eigenvalue weighted by atomic mass is 16.5. The fraction of sp³-hybridized carbons (Fsp3) is 0.625. The summed E-state index contributed by atoms with van der Waals surface area (Å²) in [7, 11) is 1.33. The van der Waals surface area contributed by atoms with Crippen LogP contribution in [0.25, 0.3) is 0 Å². The van der Waals surface area contributed by atoms with Gasteiger partial charge in [0.05, 0.1) is 31.4 Å². The average Bonchev–Trinajstić information content (AvgIpc) is 3.18. The van der Waals surface area contributed by atoms with Crippen molar-refractivity contribution in [2.75, 3.05) is 26.7 Å². The highest BCUT2D eigenvalue weighted by Gasteiger charge is 2.64. The second-order valence-electron chi connectivity index (χ2n) is 9.70. The van der Waals surface area contributed by atoms with Crippen LogP contribution in [0.1, 0.15) is 54.4 Å². The van der Waals surface area contributed by atoms with Gasteiger partial charge in [-0.1, -0.05) is 31.4 Å². The molecule has 1 spiro atoms. The van der Waals surface area contributed by atoms with Crippen molar-refractivity contribution in [3.8, 4) is 0 Å². The molecule has 1 aromatic rings. The van der Waals surface area contributed by atoms with E-state index in [1.165, 1.54) is 44.1 Å². The van der Waals surface area contributed by atoms with Crippen LogP contribution < -0.4 is 0 Å². The van der Waals surface area contributed by atoms with Crippen molar-refractivity contribution in [2.24, 2.45) is 0 Å². The molecule has 4 fully saturated rings. The van der Waals surface area contributed by atoms with Crippen LogP contribution in [0.5, 0.6) is 0 Å². The average molecular weight is 442 g/mol. The Labute approximate surface area is 188 Å². The van der Waals surface area contributed by atoms with Crippen LogP contribution in [-0.4, -0.2) is 88.1 Å². The molecule has 0 unspecified atom stereocenters. The Morgan fingerprint density at radius 3 is 2.47 bits per heavy atom. The Balaban J connectivity index is 1.37. The number of ether oxygens (including phenoxy) is 1. The molecule has 0 radical (unpaired) electrons. The number of aliphatic hydroxyl groups excluding tert-OH is 1. The number of likely N-dealkylation sites (tertiary alicyclic amines) is 1. The standard InChI is InChI=1S/C24H31N3O5/c1-32-22(30)17-9-7-16(8-10-17)12-26-21(29)20-11-19(28)13-27(20)24(23(26)31)14-25(15-24)18-5-3-2-4-6-18/h7-10,18-20,28H,2-6,11-15H2,1H3/t19-,20+/m1/s1. The molecule has 4 aliphatic rings. The lowest BCUT2D eigenvalue weighted by atomic mass is 9.79. The van der Waals surface area contributed by atoms with Crippen LogP contribution in [0.15, 0.2) is 24.3 Å². The minimum atomic E-state index is -0.723. The maximum Gasteiger partial charge on any atom is 0.337 e. The van der Waals surface area contributed by atoms with Crippen molar-refractivity contribution in [3.63, 3.8) is 0 Å². The molecule has 3 saturated heterocycles. The molecule has 1 N–H and O–H groups in total. The lowest BCUT2D eigenvalue weighted by molar-refractivity contribution is -0.183. The van der Waals surface area contributed by atoms with E-state index in [9.17, 15) is 19.5 Å². The summed E-state index contributed by atoms with van der Waals surface area (Å²) in [5.41, 5.74) is 0.487. The number of β-amino-alcohol motifs (C(OH)–C–C–N with tert-alkyl or cyclic N) is 1. The van der Waals surface area contributed by atoms with Crippen molar-refractivity contribution >= 4 is 17.8 Å². The number of methoxy groups -OCH3 is 1. The van der Waals surface area contributed by atoms with E-state index in [0.29, 0.717) is 37.7 Å². The molecule has 2 amide bonds. The van der Waals surface area contributed by atoms with E-state index in [2.05, 4.69) is 4.90 Å². The zero-order chi connectivity index (χ0) is 22.5. The number of carbonyl (C=O) groups excluding carboxylic acids is 3. The summed E-state index contributed by atoms with van der Waals surface area (Å²) in [5.74, 6) is -0.809. The monoisotopic (exact) mass is 441 g/mol. The molecule has 172 valence electrons. The Morgan fingerprint density at radius 2 is 1.81 bits per heavy atom. The van der Waals surface area contributed by atoms with Gasteiger partial charge in [-0.2, -0.15) is 0 Å². The molecule has 3 aliphatic heterocycles. The van der Waals surface area contributed by atoms with E-state index in [-0.39, 0.29) is 18.4 Å². The summed E-state index contributed by atoms with van der Waals surface area (Å²) in [5, 5.41) is 10.3. The number of hydrogen-bond acceptors (Lipinski definition) is 7. The number of piperazine rings is 1. The summed E-state index contributed by atoms with van der Waals surface area (Å²) in [6.45, 7) is 1.81. The first-order valence-electron chi connectivity index (χ1n) is 11.6. The van der Waals surface area contributed by atoms with Gasteiger partial charge in [0, 0.05) is 25.7 Å². The van der Waals surface area contributed by atoms with Crippen molar-refractivity contribution in [3.05, 3.63) is 35.4 Å². The second-order valence-corrected chi connectivity index (χ2v) is 9.70. The predicted octanol–water partition coefficient (Wildman–Crippen LogP) is 1.16. The number of imide groups is 1. The van der Waals surface area contributed by atoms with Gasteiger partial charge in [0.2, 0.25) is 5.91 Å². The minimum Gasteiger partial charge on any atom is -0.465 e. The maximum atomic E-state index is 13.7. The normalized spacial score (nSPS) is 28.6. The first-order valence-corrected chi connectivity index (χ1v) is 11.6. The third kappa shape index (κ3) is 3.45. The van der Waals surface area contributed by atoms with Crippen LogP contribution in [0.4, 0.5) is 0 Å². The zero-order valence-corrected chi connectivity index (χ0v) is 18.5. The largest absolute Gasteiger partial charge is 0.465 e. The summed E-state index contributed by atoms with van der Waals surface area (Å²) >= 11 is 0. The molecule has 0 aromatic heterocycles. The van der Waals surface area contributed by atoms with Crippen LogP contribution >= 0.6 is 0 Å². The number of fused-ring (bicyclic) bond motifs is 2. The van der Waals surface area contributed by atoms with E-state index >= 15 is 0 Å². The number of amides is 2. The number of carbonyl (C=O) groups is 3. The quantitative estimate of drug-likeness (QED) is 0.554. The van der Waals surface area contributed by atoms with Crippen molar-refractivity contribution in [1.82, 2.24) is 14.7 Å². The van der Waals surface area contributed by atoms with Gasteiger partial charge in [-0.15, -0.1) is 0 Å². The summed E-state index contributed by atoms with van der Waals surface area (Å²) in [6, 6.07) is 6.87. The molecule has 1 saturated carbocycles. The second kappa shape index (κ2) is 8.24. The van der Waals surface area contributed by atoms with Gasteiger partial charge in [0.15, 0.2) is 0 Å². The molecule has 8 nitrogen and oxygen atoms in total. The number of esters is 1. The zero-order valence-electron chi connectivity index (χ0n) is 18.5. The lowest BCUT2D eigenvalue weighted by Crippen LogP contribution is -2.82. The molecule has 0 bridgehead atoms. The van der Waals surface area contributed by atoms with E-state index in [4.69, 9.17) is 4.74 Å². The summed E-state index contributed by atoms with van der Waals surface area (Å²) in [4.78, 5) is 44.4. The van der Waals surface area contributed by atoms with Gasteiger partial charge in [-0.3, -0.25) is 24.3 Å². The van der Waals surface area contributed by atoms with Gasteiger partial charge in [-0.25, -0.2) is 4.79 Å². The predicted molar refractivity (Wildman–Crippen MR) is 116 cm³/mol. The van der Waals surface area contributed by atoms with Crippen LogP contribution in [0, 0.1) is 0 Å². The number of nitrogens with zero attached hydrogens (tertiary/aromatic N) is 3. The van der Waals surface area contributed by atoms with Gasteiger partial charge in [0.1, 0.15) is 5.54 Å². The van der Waals surface area contributed by atoms with Crippen LogP contribution in [-0.2, 0) is 20.9 Å². The third-order valence-corrected chi connectivity index (χ3v) is 7.76. The molecule has 32 heavy (non-hydrogen) atoms. The summed E-state index contributed by atoms with van der Waals surface area (Å²) < 4.78 is 4.74. The summed E-state index contributed by atoms with van der Waals surface area (Å²) in [6.07, 6.45) is 5.88. The Morgan fingerprint density at radius 1 is 1.12 bits per heavy atom. The smallest absolute Gasteiger partial charge is 0.337 e. The molecule has 1 aromatic carbocycles. The number of aliphatic hydroxyl groups is 1. The van der Waals surface area contributed by atoms with Crippen molar-refractivity contribution in [2.45, 2.75) is 68.8 Å². The van der Waals surface area contributed by atoms with Gasteiger partial charge in [0.25, 0.3) is 5.91 Å². The highest BCUT2D eigenvalue weighted by molar-refractivity contribution is 6.06. The highest BCUT2D eigenvalue weighted by Crippen LogP contribution is 2.43. The molecule has 5 rings (SSSR count). The molecule has 2 atom stereocenters. The Bertz CT molecular complexity index is 905. The molecular weight excluding hydrogens is 410 g/mol. The van der Waals surface area contributed by atoms with E-state index in [1.54, 1.807) is 24.3 Å². The fourth-order valence-electron chi connectivity index (χ4n) is 6.02. The first kappa shape index (κ1) is 21.6. The molecule has 1 aliphatic carbocycles. The molecule has 8 heteroatoms. The SMILES string of the molecule is COC(=O)c1ccc(CN2C(=O)[C@@H]3C[C@@H](O)CN3C3(CN(C4CCCCC4)C3)C2=O)cc1. The Kier molecular flexibility index (Phi) is 5.55. The maximum absolute atomic E-state index is 13.7. The van der Waals surface area contributed by atoms with E-state index in [0.717, 1.165) is 5.56 Å². The van der Waals surface area contributed by atoms with Gasteiger partial charge < -0.3 is 9.84 Å². The van der Waals surface area contributed by atoms with Crippen molar-refractivity contribution in [1.29, 1.82) is 0 Å². The Hall–Kier alpha value is -2.29. The number of benzene rings is 1. The fourth-order valence-corrected chi connectivity index (χ4v) is 6.02. The first-order chi connectivity index (χ1) is 15.4. The molecule has 3 heterocycles. The van der Waals surface area contributed by atoms with E-state index in [1.807, 2.05) is 4.90 Å². The van der Waals surface area contributed by atoms with Crippen LogP contribution in [0.2, 0.25) is 0 Å². The number of rotatable bonds is 4. The van der Waals surface area contributed by atoms with Crippen LogP contribution in [0.3, 0.4) is 0 Å². The third-order valence-electron chi connectivity index (χ3n) is 7.76. The number of hydrogen-bond donors (Lipinski definition) is 1. The lowest BCUT2D eigenvalue weighted by Gasteiger charge is -2.60. The van der Waals surface area contributed by atoms with Gasteiger partial charge >= 0.3 is 5.97 Å².